The number of hydrogen-bond donors (Lipinski definition) is 1. The van der Waals surface area contributed by atoms with Crippen molar-refractivity contribution in [2.24, 2.45) is 5.10 Å². The zero-order chi connectivity index (χ0) is 23.3. The van der Waals surface area contributed by atoms with Crippen LogP contribution in [0.15, 0.2) is 64.1 Å². The highest BCUT2D eigenvalue weighted by atomic mass is 35.5. The third-order valence-electron chi connectivity index (χ3n) is 4.52. The van der Waals surface area contributed by atoms with Crippen molar-refractivity contribution in [3.8, 4) is 11.3 Å². The number of aryl methyl sites for hydroxylation is 1. The maximum atomic E-state index is 12.3. The van der Waals surface area contributed by atoms with Gasteiger partial charge in [-0.05, 0) is 54.4 Å². The van der Waals surface area contributed by atoms with Crippen LogP contribution in [0.2, 0.25) is 10.0 Å². The molecule has 0 aliphatic carbocycles. The van der Waals surface area contributed by atoms with Gasteiger partial charge in [0.05, 0.1) is 23.2 Å². The van der Waals surface area contributed by atoms with E-state index < -0.39 is 22.5 Å². The summed E-state index contributed by atoms with van der Waals surface area (Å²) < 4.78 is 31.0. The zero-order valence-electron chi connectivity index (χ0n) is 17.4. The van der Waals surface area contributed by atoms with Gasteiger partial charge in [-0.25, -0.2) is 13.8 Å². The van der Waals surface area contributed by atoms with Crippen LogP contribution in [0.1, 0.15) is 18.2 Å². The second-order valence-electron chi connectivity index (χ2n) is 6.91. The molecule has 0 fully saturated rings. The average molecular weight is 494 g/mol. The summed E-state index contributed by atoms with van der Waals surface area (Å²) in [5.74, 6) is 0.290. The Morgan fingerprint density at radius 3 is 2.47 bits per heavy atom. The Hall–Kier alpha value is -2.81. The van der Waals surface area contributed by atoms with Gasteiger partial charge in [0.25, 0.3) is 5.91 Å². The molecule has 1 N–H and O–H groups in total. The highest BCUT2D eigenvalue weighted by molar-refractivity contribution is 7.92. The third-order valence-corrected chi connectivity index (χ3v) is 6.21. The van der Waals surface area contributed by atoms with Crippen molar-refractivity contribution in [1.82, 2.24) is 5.43 Å². The summed E-state index contributed by atoms with van der Waals surface area (Å²) >= 11 is 12.1. The van der Waals surface area contributed by atoms with Crippen LogP contribution < -0.4 is 9.73 Å². The lowest BCUT2D eigenvalue weighted by Gasteiger charge is -2.21. The lowest BCUT2D eigenvalue weighted by atomic mass is 10.1. The van der Waals surface area contributed by atoms with Crippen molar-refractivity contribution < 1.29 is 17.6 Å². The van der Waals surface area contributed by atoms with Crippen LogP contribution in [-0.2, 0) is 21.2 Å². The zero-order valence-corrected chi connectivity index (χ0v) is 19.7. The molecule has 7 nitrogen and oxygen atoms in total. The Labute approximate surface area is 196 Å². The number of benzene rings is 2. The van der Waals surface area contributed by atoms with Gasteiger partial charge in [-0.2, -0.15) is 5.10 Å². The number of amides is 1. The first-order valence-electron chi connectivity index (χ1n) is 9.61. The number of furan rings is 1. The van der Waals surface area contributed by atoms with Crippen molar-refractivity contribution in [3.63, 3.8) is 0 Å². The van der Waals surface area contributed by atoms with E-state index in [2.05, 4.69) is 10.5 Å². The number of rotatable bonds is 8. The lowest BCUT2D eigenvalue weighted by Crippen LogP contribution is -2.39. The number of sulfonamides is 1. The van der Waals surface area contributed by atoms with Gasteiger partial charge in [0, 0.05) is 10.6 Å². The molecule has 0 bridgehead atoms. The van der Waals surface area contributed by atoms with Crippen molar-refractivity contribution in [3.05, 3.63) is 76.0 Å². The molecule has 0 radical (unpaired) electrons. The molecule has 0 unspecified atom stereocenters. The number of carbonyl (C=O) groups is 1. The Bertz CT molecular complexity index is 1240. The molecule has 0 atom stereocenters. The van der Waals surface area contributed by atoms with E-state index in [9.17, 15) is 13.2 Å². The summed E-state index contributed by atoms with van der Waals surface area (Å²) in [5.41, 5.74) is 4.45. The van der Waals surface area contributed by atoms with Gasteiger partial charge in [-0.15, -0.1) is 0 Å². The van der Waals surface area contributed by atoms with Crippen LogP contribution in [0.5, 0.6) is 0 Å². The van der Waals surface area contributed by atoms with Crippen LogP contribution >= 0.6 is 23.2 Å². The first-order valence-corrected chi connectivity index (χ1v) is 12.2. The quantitative estimate of drug-likeness (QED) is 0.362. The van der Waals surface area contributed by atoms with Crippen molar-refractivity contribution in [2.75, 3.05) is 17.1 Å². The minimum absolute atomic E-state index is 0.376. The van der Waals surface area contributed by atoms with E-state index in [1.807, 2.05) is 19.1 Å². The van der Waals surface area contributed by atoms with Crippen molar-refractivity contribution in [1.29, 1.82) is 0 Å². The fourth-order valence-corrected chi connectivity index (χ4v) is 4.25. The van der Waals surface area contributed by atoms with Crippen LogP contribution in [0.3, 0.4) is 0 Å². The van der Waals surface area contributed by atoms with E-state index in [4.69, 9.17) is 27.6 Å². The normalized spacial score (nSPS) is 11.6. The maximum Gasteiger partial charge on any atom is 0.260 e. The summed E-state index contributed by atoms with van der Waals surface area (Å²) in [6.45, 7) is 1.59. The molecule has 0 aliphatic rings. The van der Waals surface area contributed by atoms with Gasteiger partial charge < -0.3 is 4.42 Å². The first kappa shape index (κ1) is 23.8. The lowest BCUT2D eigenvalue weighted by molar-refractivity contribution is -0.119. The standard InChI is InChI=1S/C22H21Cl2N3O4S/c1-3-15-4-7-17(8-5-15)27(32(2,29)30)14-22(28)26-25-13-18-9-11-21(31-18)19-10-6-16(23)12-20(19)24/h4-13H,3,14H2,1-2H3,(H,26,28)/b25-13-. The minimum atomic E-state index is -3.66. The number of hydrogen-bond acceptors (Lipinski definition) is 5. The van der Waals surface area contributed by atoms with Gasteiger partial charge in [0.1, 0.15) is 18.1 Å². The van der Waals surface area contributed by atoms with Gasteiger partial charge in [0.2, 0.25) is 10.0 Å². The van der Waals surface area contributed by atoms with Crippen LogP contribution in [0, 0.1) is 0 Å². The molecule has 0 saturated heterocycles. The second-order valence-corrected chi connectivity index (χ2v) is 9.66. The fraction of sp³-hybridized carbons (Fsp3) is 0.182. The Balaban J connectivity index is 1.66. The predicted molar refractivity (Wildman–Crippen MR) is 128 cm³/mol. The van der Waals surface area contributed by atoms with E-state index >= 15 is 0 Å². The van der Waals surface area contributed by atoms with E-state index in [0.29, 0.717) is 32.8 Å². The smallest absolute Gasteiger partial charge is 0.260 e. The third kappa shape index (κ3) is 6.12. The number of carbonyl (C=O) groups excluding carboxylic acids is 1. The number of hydrazone groups is 1. The average Bonchev–Trinajstić information content (AvgIpc) is 3.20. The maximum absolute atomic E-state index is 12.3. The molecule has 168 valence electrons. The molecular weight excluding hydrogens is 473 g/mol. The molecule has 2 aromatic carbocycles. The summed E-state index contributed by atoms with van der Waals surface area (Å²) in [6, 6.07) is 15.4. The highest BCUT2D eigenvalue weighted by Gasteiger charge is 2.20. The van der Waals surface area contributed by atoms with Gasteiger partial charge in [0.15, 0.2) is 0 Å². The minimum Gasteiger partial charge on any atom is -0.455 e. The van der Waals surface area contributed by atoms with Crippen molar-refractivity contribution in [2.45, 2.75) is 13.3 Å². The fourth-order valence-electron chi connectivity index (χ4n) is 2.89. The van der Waals surface area contributed by atoms with Gasteiger partial charge >= 0.3 is 0 Å². The Kier molecular flexibility index (Phi) is 7.60. The molecule has 32 heavy (non-hydrogen) atoms. The van der Waals surface area contributed by atoms with E-state index in [1.54, 1.807) is 42.5 Å². The molecule has 1 aromatic heterocycles. The molecule has 1 heterocycles. The SMILES string of the molecule is CCc1ccc(N(CC(=O)N/N=C\c2ccc(-c3ccc(Cl)cc3Cl)o2)S(C)(=O)=O)cc1. The monoisotopic (exact) mass is 493 g/mol. The number of nitrogens with zero attached hydrogens (tertiary/aromatic N) is 2. The van der Waals surface area contributed by atoms with Gasteiger partial charge in [-0.1, -0.05) is 42.3 Å². The van der Waals surface area contributed by atoms with Crippen molar-refractivity contribution >= 4 is 51.0 Å². The van der Waals surface area contributed by atoms with Crippen LogP contribution in [-0.4, -0.2) is 33.3 Å². The Morgan fingerprint density at radius 2 is 1.84 bits per heavy atom. The molecule has 0 aliphatic heterocycles. The number of nitrogens with one attached hydrogen (secondary N) is 1. The van der Waals surface area contributed by atoms with Crippen LogP contribution in [0.4, 0.5) is 5.69 Å². The topological polar surface area (TPSA) is 92.0 Å². The van der Waals surface area contributed by atoms with E-state index in [-0.39, 0.29) is 0 Å². The molecule has 1 amide bonds. The Morgan fingerprint density at radius 1 is 1.12 bits per heavy atom. The number of halogens is 2. The molecular formula is C22H21Cl2N3O4S. The molecule has 0 spiro atoms. The predicted octanol–water partition coefficient (Wildman–Crippen LogP) is 4.73. The molecule has 3 aromatic rings. The highest BCUT2D eigenvalue weighted by Crippen LogP contribution is 2.31. The summed E-state index contributed by atoms with van der Waals surface area (Å²) in [5, 5.41) is 4.80. The molecule has 0 saturated carbocycles. The second kappa shape index (κ2) is 10.2. The summed E-state index contributed by atoms with van der Waals surface area (Å²) in [4.78, 5) is 12.3. The molecule has 10 heteroatoms. The van der Waals surface area contributed by atoms with Crippen LogP contribution in [0.25, 0.3) is 11.3 Å². The summed E-state index contributed by atoms with van der Waals surface area (Å²) in [7, 11) is -3.66. The molecule has 3 rings (SSSR count). The number of anilines is 1. The van der Waals surface area contributed by atoms with E-state index in [0.717, 1.165) is 22.5 Å². The van der Waals surface area contributed by atoms with Gasteiger partial charge in [-0.3, -0.25) is 9.10 Å². The first-order chi connectivity index (χ1) is 15.2. The summed E-state index contributed by atoms with van der Waals surface area (Å²) in [6.07, 6.45) is 3.18. The largest absolute Gasteiger partial charge is 0.455 e. The van der Waals surface area contributed by atoms with E-state index in [1.165, 1.54) is 6.21 Å².